The zero-order valence-corrected chi connectivity index (χ0v) is 16.3. The van der Waals surface area contributed by atoms with Crippen LogP contribution in [0.1, 0.15) is 34.3 Å². The number of anilines is 1. The predicted molar refractivity (Wildman–Crippen MR) is 104 cm³/mol. The molecule has 1 aliphatic heterocycles. The summed E-state index contributed by atoms with van der Waals surface area (Å²) in [6.45, 7) is 0.598. The predicted octanol–water partition coefficient (Wildman–Crippen LogP) is 2.70. The molecule has 0 saturated carbocycles. The summed E-state index contributed by atoms with van der Waals surface area (Å²) in [7, 11) is -4.03. The third-order valence-corrected chi connectivity index (χ3v) is 6.39. The van der Waals surface area contributed by atoms with E-state index in [1.165, 1.54) is 18.5 Å². The Morgan fingerprint density at radius 2 is 2.00 bits per heavy atom. The van der Waals surface area contributed by atoms with E-state index in [0.717, 1.165) is 16.4 Å². The van der Waals surface area contributed by atoms with Crippen molar-refractivity contribution in [3.8, 4) is 6.07 Å². The van der Waals surface area contributed by atoms with Crippen LogP contribution < -0.4 is 4.72 Å². The molecule has 3 aromatic rings. The molecular formula is C19H15F2N5O3S. The normalized spacial score (nSPS) is 14.7. The van der Waals surface area contributed by atoms with E-state index in [9.17, 15) is 17.6 Å². The van der Waals surface area contributed by atoms with Gasteiger partial charge in [0, 0.05) is 36.4 Å². The number of rotatable bonds is 5. The number of hydrogen-bond acceptors (Lipinski definition) is 5. The molecule has 2 N–H and O–H groups in total. The van der Waals surface area contributed by atoms with Gasteiger partial charge in [-0.3, -0.25) is 9.52 Å². The van der Waals surface area contributed by atoms with E-state index < -0.39 is 38.9 Å². The Hall–Kier alpha value is -3.36. The number of nitrogens with zero attached hydrogens (tertiary/aromatic N) is 3. The van der Waals surface area contributed by atoms with Crippen molar-refractivity contribution in [1.82, 2.24) is 14.3 Å². The number of aromatic amines is 1. The van der Waals surface area contributed by atoms with Crippen LogP contribution in [-0.4, -0.2) is 41.6 Å². The quantitative estimate of drug-likeness (QED) is 0.602. The van der Waals surface area contributed by atoms with Gasteiger partial charge in [-0.25, -0.2) is 13.8 Å². The molecule has 30 heavy (non-hydrogen) atoms. The summed E-state index contributed by atoms with van der Waals surface area (Å²) >= 11 is 0. The fourth-order valence-corrected chi connectivity index (χ4v) is 4.66. The maximum Gasteiger partial charge on any atom is 0.301 e. The number of nitriles is 1. The molecule has 3 heterocycles. The lowest BCUT2D eigenvalue weighted by atomic mass is 10.0. The van der Waals surface area contributed by atoms with E-state index in [-0.39, 0.29) is 22.2 Å². The third-order valence-electron chi connectivity index (χ3n) is 4.87. The Balaban J connectivity index is 1.75. The van der Waals surface area contributed by atoms with Gasteiger partial charge in [-0.2, -0.15) is 18.0 Å². The number of carbonyl (C=O) groups excluding carboxylic acids is 1. The minimum Gasteiger partial charge on any atom is -0.345 e. The zero-order chi connectivity index (χ0) is 21.5. The van der Waals surface area contributed by atoms with E-state index in [1.807, 2.05) is 6.07 Å². The summed E-state index contributed by atoms with van der Waals surface area (Å²) in [6, 6.07) is 5.01. The van der Waals surface area contributed by atoms with Gasteiger partial charge in [0.2, 0.25) is 5.78 Å². The summed E-state index contributed by atoms with van der Waals surface area (Å²) in [5.41, 5.74) is -1.08. The van der Waals surface area contributed by atoms with Crippen molar-refractivity contribution >= 4 is 32.7 Å². The summed E-state index contributed by atoms with van der Waals surface area (Å²) in [5.74, 6) is -3.46. The molecule has 0 amide bonds. The van der Waals surface area contributed by atoms with E-state index in [0.29, 0.717) is 25.9 Å². The maximum absolute atomic E-state index is 15.1. The third kappa shape index (κ3) is 3.40. The molecule has 0 atom stereocenters. The first-order valence-corrected chi connectivity index (χ1v) is 10.4. The average molecular weight is 431 g/mol. The Bertz CT molecular complexity index is 1310. The van der Waals surface area contributed by atoms with Gasteiger partial charge in [0.1, 0.15) is 17.5 Å². The summed E-state index contributed by atoms with van der Waals surface area (Å²) in [6.07, 6.45) is 3.91. The van der Waals surface area contributed by atoms with Gasteiger partial charge < -0.3 is 4.98 Å². The Labute approximate surface area is 170 Å². The highest BCUT2D eigenvalue weighted by atomic mass is 32.2. The highest BCUT2D eigenvalue weighted by Crippen LogP contribution is 2.28. The second-order valence-corrected chi connectivity index (χ2v) is 8.43. The van der Waals surface area contributed by atoms with Crippen LogP contribution in [0.15, 0.2) is 30.6 Å². The largest absolute Gasteiger partial charge is 0.345 e. The van der Waals surface area contributed by atoms with E-state index in [1.54, 1.807) is 0 Å². The first-order chi connectivity index (χ1) is 14.3. The highest BCUT2D eigenvalue weighted by molar-refractivity contribution is 7.90. The van der Waals surface area contributed by atoms with Crippen LogP contribution in [0.2, 0.25) is 0 Å². The second kappa shape index (κ2) is 7.47. The molecule has 0 unspecified atom stereocenters. The van der Waals surface area contributed by atoms with Crippen LogP contribution >= 0.6 is 0 Å². The molecule has 1 aliphatic rings. The van der Waals surface area contributed by atoms with Crippen molar-refractivity contribution < 1.29 is 22.0 Å². The maximum atomic E-state index is 15.1. The van der Waals surface area contributed by atoms with Gasteiger partial charge in [-0.1, -0.05) is 0 Å². The summed E-state index contributed by atoms with van der Waals surface area (Å²) in [4.78, 5) is 19.6. The van der Waals surface area contributed by atoms with Crippen LogP contribution in [0.4, 0.5) is 14.5 Å². The van der Waals surface area contributed by atoms with Crippen LogP contribution in [0.3, 0.4) is 0 Å². The number of halogens is 2. The van der Waals surface area contributed by atoms with E-state index >= 15 is 4.39 Å². The van der Waals surface area contributed by atoms with Crippen LogP contribution in [0, 0.1) is 23.0 Å². The SMILES string of the molecule is N#Cc1cnc2[nH]cc(C(=O)c3c(F)ccc(NS(=O)(=O)N4CCCC4)c3F)c2c1. The number of hydrogen-bond donors (Lipinski definition) is 2. The average Bonchev–Trinajstić information content (AvgIpc) is 3.40. The standard InChI is InChI=1S/C19H15F2N5O3S/c20-14-3-4-15(25-30(28,29)26-5-1-2-6-26)17(21)16(14)18(27)13-10-24-19-12(13)7-11(8-22)9-23-19/h3-4,7,9-10,25H,1-2,5-6H2,(H,23,24). The number of fused-ring (bicyclic) bond motifs is 1. The van der Waals surface area contributed by atoms with Crippen molar-refractivity contribution in [2.24, 2.45) is 0 Å². The zero-order valence-electron chi connectivity index (χ0n) is 15.4. The van der Waals surface area contributed by atoms with E-state index in [2.05, 4.69) is 14.7 Å². The monoisotopic (exact) mass is 431 g/mol. The number of benzene rings is 1. The van der Waals surface area contributed by atoms with Crippen LogP contribution in [-0.2, 0) is 10.2 Å². The molecule has 1 fully saturated rings. The summed E-state index contributed by atoms with van der Waals surface area (Å²) < 4.78 is 57.6. The van der Waals surface area contributed by atoms with Crippen molar-refractivity contribution in [3.05, 3.63) is 58.9 Å². The highest BCUT2D eigenvalue weighted by Gasteiger charge is 2.29. The molecule has 1 saturated heterocycles. The van der Waals surface area contributed by atoms with Gasteiger partial charge in [-0.15, -0.1) is 0 Å². The van der Waals surface area contributed by atoms with Gasteiger partial charge in [0.05, 0.1) is 16.8 Å². The molecule has 0 bridgehead atoms. The van der Waals surface area contributed by atoms with Crippen LogP contribution in [0.5, 0.6) is 0 Å². The molecule has 1 aromatic carbocycles. The van der Waals surface area contributed by atoms with Crippen molar-refractivity contribution in [2.45, 2.75) is 12.8 Å². The smallest absolute Gasteiger partial charge is 0.301 e. The van der Waals surface area contributed by atoms with E-state index in [4.69, 9.17) is 5.26 Å². The lowest BCUT2D eigenvalue weighted by Gasteiger charge is -2.18. The van der Waals surface area contributed by atoms with Crippen molar-refractivity contribution in [3.63, 3.8) is 0 Å². The number of ketones is 1. The Kier molecular flexibility index (Phi) is 4.97. The molecule has 8 nitrogen and oxygen atoms in total. The van der Waals surface area contributed by atoms with Gasteiger partial charge in [0.15, 0.2) is 5.82 Å². The number of aromatic nitrogens is 2. The molecule has 0 spiro atoms. The lowest BCUT2D eigenvalue weighted by molar-refractivity contribution is 0.103. The van der Waals surface area contributed by atoms with Gasteiger partial charge >= 0.3 is 10.2 Å². The Morgan fingerprint density at radius 3 is 2.70 bits per heavy atom. The Morgan fingerprint density at radius 1 is 1.27 bits per heavy atom. The molecular weight excluding hydrogens is 416 g/mol. The topological polar surface area (TPSA) is 119 Å². The summed E-state index contributed by atoms with van der Waals surface area (Å²) in [5, 5.41) is 9.25. The second-order valence-electron chi connectivity index (χ2n) is 6.76. The number of H-pyrrole nitrogens is 1. The molecule has 154 valence electrons. The fraction of sp³-hybridized carbons (Fsp3) is 0.211. The fourth-order valence-electron chi connectivity index (χ4n) is 3.36. The number of pyridine rings is 1. The molecule has 4 rings (SSSR count). The molecule has 0 aliphatic carbocycles. The van der Waals surface area contributed by atoms with Gasteiger partial charge in [-0.05, 0) is 31.0 Å². The van der Waals surface area contributed by atoms with Crippen molar-refractivity contribution in [1.29, 1.82) is 5.26 Å². The molecule has 0 radical (unpaired) electrons. The molecule has 11 heteroatoms. The minimum absolute atomic E-state index is 0.0908. The first-order valence-electron chi connectivity index (χ1n) is 8.99. The van der Waals surface area contributed by atoms with Crippen molar-refractivity contribution in [2.75, 3.05) is 17.8 Å². The minimum atomic E-state index is -4.03. The van der Waals surface area contributed by atoms with Gasteiger partial charge in [0.25, 0.3) is 0 Å². The number of nitrogens with one attached hydrogen (secondary N) is 2. The molecule has 2 aromatic heterocycles. The lowest BCUT2D eigenvalue weighted by Crippen LogP contribution is -2.33. The number of carbonyl (C=O) groups is 1. The first kappa shape index (κ1) is 19.9. The van der Waals surface area contributed by atoms with Crippen LogP contribution in [0.25, 0.3) is 11.0 Å².